The number of nitrogens with zero attached hydrogens (tertiary/aromatic N) is 2. The normalized spacial score (nSPS) is 12.8. The lowest BCUT2D eigenvalue weighted by atomic mass is 10.00. The molecule has 0 amide bonds. The summed E-state index contributed by atoms with van der Waals surface area (Å²) in [6.45, 7) is 7.05. The lowest BCUT2D eigenvalue weighted by Crippen LogP contribution is -2.11. The van der Waals surface area contributed by atoms with E-state index in [4.69, 9.17) is 0 Å². The van der Waals surface area contributed by atoms with Gasteiger partial charge < -0.3 is 9.67 Å². The van der Waals surface area contributed by atoms with E-state index in [-0.39, 0.29) is 0 Å². The van der Waals surface area contributed by atoms with E-state index in [0.717, 1.165) is 24.2 Å². The molecule has 1 N–H and O–H groups in total. The summed E-state index contributed by atoms with van der Waals surface area (Å²) in [4.78, 5) is 4.34. The van der Waals surface area contributed by atoms with Crippen LogP contribution in [0.1, 0.15) is 56.2 Å². The fourth-order valence-corrected chi connectivity index (χ4v) is 2.35. The Morgan fingerprint density at radius 2 is 1.80 bits per heavy atom. The van der Waals surface area contributed by atoms with Crippen molar-refractivity contribution in [2.75, 3.05) is 0 Å². The van der Waals surface area contributed by atoms with E-state index < -0.39 is 6.10 Å². The van der Waals surface area contributed by atoms with E-state index >= 15 is 0 Å². The van der Waals surface area contributed by atoms with Crippen LogP contribution in [0.5, 0.6) is 0 Å². The van der Waals surface area contributed by atoms with Gasteiger partial charge in [0.05, 0.1) is 12.6 Å². The van der Waals surface area contributed by atoms with Crippen molar-refractivity contribution in [2.24, 2.45) is 0 Å². The second-order valence-electron chi connectivity index (χ2n) is 5.58. The Bertz CT molecular complexity index is 528. The van der Waals surface area contributed by atoms with Gasteiger partial charge in [-0.15, -0.1) is 0 Å². The zero-order valence-electron chi connectivity index (χ0n) is 12.6. The number of hydrogen-bond donors (Lipinski definition) is 1. The second kappa shape index (κ2) is 6.71. The molecule has 3 nitrogen and oxygen atoms in total. The van der Waals surface area contributed by atoms with Gasteiger partial charge in [-0.3, -0.25) is 0 Å². The molecule has 0 spiro atoms. The minimum absolute atomic E-state index is 0.485. The third-order valence-corrected chi connectivity index (χ3v) is 3.63. The Morgan fingerprint density at radius 3 is 2.40 bits per heavy atom. The number of aryl methyl sites for hydroxylation is 1. The first-order chi connectivity index (χ1) is 9.61. The highest BCUT2D eigenvalue weighted by Crippen LogP contribution is 2.20. The molecule has 3 heteroatoms. The van der Waals surface area contributed by atoms with Crippen molar-refractivity contribution in [3.8, 4) is 0 Å². The second-order valence-corrected chi connectivity index (χ2v) is 5.58. The monoisotopic (exact) mass is 272 g/mol. The van der Waals surface area contributed by atoms with Crippen LogP contribution in [0.2, 0.25) is 0 Å². The summed E-state index contributed by atoms with van der Waals surface area (Å²) >= 11 is 0. The van der Waals surface area contributed by atoms with Gasteiger partial charge in [-0.05, 0) is 23.5 Å². The maximum atomic E-state index is 10.4. The SMILES string of the molecule is CCCc1nccn1CC(O)c1ccc(C(C)C)cc1. The average molecular weight is 272 g/mol. The van der Waals surface area contributed by atoms with Crippen LogP contribution < -0.4 is 0 Å². The summed E-state index contributed by atoms with van der Waals surface area (Å²) in [5.41, 5.74) is 2.26. The summed E-state index contributed by atoms with van der Waals surface area (Å²) in [6.07, 6.45) is 5.28. The standard InChI is InChI=1S/C17H24N2O/c1-4-5-17-18-10-11-19(17)12-16(20)15-8-6-14(7-9-15)13(2)3/h6-11,13,16,20H,4-5,12H2,1-3H3. The predicted molar refractivity (Wildman–Crippen MR) is 81.7 cm³/mol. The van der Waals surface area contributed by atoms with E-state index in [1.165, 1.54) is 5.56 Å². The van der Waals surface area contributed by atoms with Crippen molar-refractivity contribution in [3.63, 3.8) is 0 Å². The summed E-state index contributed by atoms with van der Waals surface area (Å²) in [5, 5.41) is 10.4. The Morgan fingerprint density at radius 1 is 1.15 bits per heavy atom. The van der Waals surface area contributed by atoms with Crippen LogP contribution in [0, 0.1) is 0 Å². The van der Waals surface area contributed by atoms with Crippen LogP contribution in [-0.4, -0.2) is 14.7 Å². The number of imidazole rings is 1. The highest BCUT2D eigenvalue weighted by molar-refractivity contribution is 5.26. The summed E-state index contributed by atoms with van der Waals surface area (Å²) in [5.74, 6) is 1.57. The van der Waals surface area contributed by atoms with Crippen molar-refractivity contribution in [2.45, 2.75) is 52.2 Å². The summed E-state index contributed by atoms with van der Waals surface area (Å²) < 4.78 is 2.05. The van der Waals surface area contributed by atoms with Crippen LogP contribution in [-0.2, 0) is 13.0 Å². The Hall–Kier alpha value is -1.61. The lowest BCUT2D eigenvalue weighted by Gasteiger charge is -2.15. The van der Waals surface area contributed by atoms with Gasteiger partial charge in [0, 0.05) is 18.8 Å². The topological polar surface area (TPSA) is 38.0 Å². The van der Waals surface area contributed by atoms with Crippen LogP contribution >= 0.6 is 0 Å². The molecule has 0 saturated carbocycles. The van der Waals surface area contributed by atoms with Crippen LogP contribution in [0.15, 0.2) is 36.7 Å². The quantitative estimate of drug-likeness (QED) is 0.871. The fourth-order valence-electron chi connectivity index (χ4n) is 2.35. The van der Waals surface area contributed by atoms with Crippen LogP contribution in [0.4, 0.5) is 0 Å². The molecule has 0 radical (unpaired) electrons. The van der Waals surface area contributed by atoms with E-state index in [1.807, 2.05) is 22.9 Å². The molecule has 0 aliphatic rings. The number of rotatable bonds is 6. The van der Waals surface area contributed by atoms with Crippen molar-refractivity contribution in [1.29, 1.82) is 0 Å². The molecular formula is C17H24N2O. The van der Waals surface area contributed by atoms with Crippen LogP contribution in [0.3, 0.4) is 0 Å². The third-order valence-electron chi connectivity index (χ3n) is 3.63. The van der Waals surface area contributed by atoms with Gasteiger partial charge >= 0.3 is 0 Å². The van der Waals surface area contributed by atoms with E-state index in [1.54, 1.807) is 6.20 Å². The molecule has 108 valence electrons. The molecule has 1 aromatic heterocycles. The van der Waals surface area contributed by atoms with Crippen LogP contribution in [0.25, 0.3) is 0 Å². The van der Waals surface area contributed by atoms with Gasteiger partial charge in [0.15, 0.2) is 0 Å². The lowest BCUT2D eigenvalue weighted by molar-refractivity contribution is 0.155. The highest BCUT2D eigenvalue weighted by Gasteiger charge is 2.11. The molecule has 0 fully saturated rings. The third kappa shape index (κ3) is 3.48. The minimum Gasteiger partial charge on any atom is -0.387 e. The van der Waals surface area contributed by atoms with Gasteiger partial charge in [0.25, 0.3) is 0 Å². The molecule has 0 aliphatic carbocycles. The molecule has 1 aromatic carbocycles. The summed E-state index contributed by atoms with van der Waals surface area (Å²) in [7, 11) is 0. The Kier molecular flexibility index (Phi) is 4.96. The maximum absolute atomic E-state index is 10.4. The van der Waals surface area contributed by atoms with Crippen molar-refractivity contribution in [3.05, 3.63) is 53.6 Å². The predicted octanol–water partition coefficient (Wildman–Crippen LogP) is 3.69. The largest absolute Gasteiger partial charge is 0.387 e. The van der Waals surface area contributed by atoms with E-state index in [2.05, 4.69) is 37.9 Å². The van der Waals surface area contributed by atoms with Crippen molar-refractivity contribution >= 4 is 0 Å². The molecule has 0 saturated heterocycles. The average Bonchev–Trinajstić information content (AvgIpc) is 2.86. The van der Waals surface area contributed by atoms with E-state index in [0.29, 0.717) is 12.5 Å². The first-order valence-corrected chi connectivity index (χ1v) is 7.39. The smallest absolute Gasteiger partial charge is 0.108 e. The fraction of sp³-hybridized carbons (Fsp3) is 0.471. The van der Waals surface area contributed by atoms with Gasteiger partial charge in [-0.25, -0.2) is 4.98 Å². The molecular weight excluding hydrogens is 248 g/mol. The van der Waals surface area contributed by atoms with Gasteiger partial charge in [-0.1, -0.05) is 45.0 Å². The molecule has 20 heavy (non-hydrogen) atoms. The molecule has 2 aromatic rings. The first-order valence-electron chi connectivity index (χ1n) is 7.39. The number of aromatic nitrogens is 2. The zero-order chi connectivity index (χ0) is 14.5. The molecule has 1 heterocycles. The van der Waals surface area contributed by atoms with E-state index in [9.17, 15) is 5.11 Å². The van der Waals surface area contributed by atoms with Gasteiger partial charge in [0.1, 0.15) is 5.82 Å². The molecule has 0 aliphatic heterocycles. The highest BCUT2D eigenvalue weighted by atomic mass is 16.3. The molecule has 2 rings (SSSR count). The number of hydrogen-bond acceptors (Lipinski definition) is 2. The van der Waals surface area contributed by atoms with Gasteiger partial charge in [-0.2, -0.15) is 0 Å². The first kappa shape index (κ1) is 14.8. The molecule has 1 unspecified atom stereocenters. The molecule has 0 bridgehead atoms. The number of aliphatic hydroxyl groups is 1. The Balaban J connectivity index is 2.07. The minimum atomic E-state index is -0.485. The van der Waals surface area contributed by atoms with Crippen molar-refractivity contribution < 1.29 is 5.11 Å². The summed E-state index contributed by atoms with van der Waals surface area (Å²) in [6, 6.07) is 8.25. The van der Waals surface area contributed by atoms with Gasteiger partial charge in [0.2, 0.25) is 0 Å². The number of benzene rings is 1. The Labute approximate surface area is 121 Å². The van der Waals surface area contributed by atoms with Crippen molar-refractivity contribution in [1.82, 2.24) is 9.55 Å². The maximum Gasteiger partial charge on any atom is 0.108 e. The number of aliphatic hydroxyl groups excluding tert-OH is 1. The zero-order valence-corrected chi connectivity index (χ0v) is 12.6. The molecule has 1 atom stereocenters.